The van der Waals surface area contributed by atoms with Crippen molar-refractivity contribution >= 4 is 23.2 Å². The predicted molar refractivity (Wildman–Crippen MR) is 96.0 cm³/mol. The van der Waals surface area contributed by atoms with E-state index in [1.807, 2.05) is 17.0 Å². The van der Waals surface area contributed by atoms with Crippen LogP contribution in [0.1, 0.15) is 54.6 Å². The molecule has 130 valence electrons. The van der Waals surface area contributed by atoms with E-state index >= 15 is 0 Å². The van der Waals surface area contributed by atoms with Crippen LogP contribution >= 0.6 is 11.6 Å². The molecule has 1 spiro atoms. The summed E-state index contributed by atoms with van der Waals surface area (Å²) in [6, 6.07) is 6.02. The van der Waals surface area contributed by atoms with Gasteiger partial charge in [-0.2, -0.15) is 0 Å². The monoisotopic (exact) mass is 356 g/mol. The SMILES string of the molecule is O=C(c1cn(CC2CC2)nn1)N1CC2(CCCC2)c2cccc(Cl)c21. The zero-order valence-electron chi connectivity index (χ0n) is 14.1. The Hall–Kier alpha value is -1.88. The third-order valence-corrected chi connectivity index (χ3v) is 6.30. The van der Waals surface area contributed by atoms with Crippen LogP contribution in [0.2, 0.25) is 5.02 Å². The molecule has 0 atom stereocenters. The lowest BCUT2D eigenvalue weighted by atomic mass is 9.81. The second kappa shape index (κ2) is 5.56. The molecule has 1 aromatic carbocycles. The average Bonchev–Trinajstić information content (AvgIpc) is 3.02. The molecule has 1 amide bonds. The van der Waals surface area contributed by atoms with Gasteiger partial charge >= 0.3 is 0 Å². The fourth-order valence-corrected chi connectivity index (χ4v) is 4.80. The molecular formula is C19H21ClN4O. The number of carbonyl (C=O) groups is 1. The third kappa shape index (κ3) is 2.48. The number of anilines is 1. The fraction of sp³-hybridized carbons (Fsp3) is 0.526. The Morgan fingerprint density at radius 2 is 2.08 bits per heavy atom. The molecule has 25 heavy (non-hydrogen) atoms. The van der Waals surface area contributed by atoms with Crippen molar-refractivity contribution in [3.05, 3.63) is 40.7 Å². The van der Waals surface area contributed by atoms with Crippen LogP contribution in [-0.4, -0.2) is 27.4 Å². The summed E-state index contributed by atoms with van der Waals surface area (Å²) in [5.41, 5.74) is 2.60. The van der Waals surface area contributed by atoms with E-state index in [2.05, 4.69) is 16.4 Å². The van der Waals surface area contributed by atoms with Crippen molar-refractivity contribution in [2.24, 2.45) is 5.92 Å². The van der Waals surface area contributed by atoms with Gasteiger partial charge in [0, 0.05) is 18.5 Å². The number of aromatic nitrogens is 3. The fourth-order valence-electron chi connectivity index (χ4n) is 4.53. The molecule has 3 aliphatic rings. The molecule has 0 saturated heterocycles. The highest BCUT2D eigenvalue weighted by molar-refractivity contribution is 6.34. The maximum Gasteiger partial charge on any atom is 0.280 e. The molecule has 1 aromatic heterocycles. The Bertz CT molecular complexity index is 836. The molecule has 5 rings (SSSR count). The minimum absolute atomic E-state index is 0.0693. The van der Waals surface area contributed by atoms with Crippen molar-refractivity contribution < 1.29 is 4.79 Å². The number of rotatable bonds is 3. The molecule has 2 aliphatic carbocycles. The Morgan fingerprint density at radius 3 is 2.84 bits per heavy atom. The van der Waals surface area contributed by atoms with E-state index in [1.54, 1.807) is 10.9 Å². The van der Waals surface area contributed by atoms with Gasteiger partial charge in [-0.1, -0.05) is 41.8 Å². The van der Waals surface area contributed by atoms with Crippen LogP contribution in [0.3, 0.4) is 0 Å². The van der Waals surface area contributed by atoms with Gasteiger partial charge in [0.2, 0.25) is 0 Å². The molecule has 5 nitrogen and oxygen atoms in total. The van der Waals surface area contributed by atoms with Gasteiger partial charge in [0.15, 0.2) is 5.69 Å². The van der Waals surface area contributed by atoms with Gasteiger partial charge in [-0.3, -0.25) is 9.48 Å². The molecule has 2 heterocycles. The second-order valence-corrected chi connectivity index (χ2v) is 8.19. The van der Waals surface area contributed by atoms with E-state index in [-0.39, 0.29) is 11.3 Å². The van der Waals surface area contributed by atoms with E-state index in [0.29, 0.717) is 23.2 Å². The van der Waals surface area contributed by atoms with Crippen molar-refractivity contribution in [2.45, 2.75) is 50.5 Å². The first-order chi connectivity index (χ1) is 12.2. The summed E-state index contributed by atoms with van der Waals surface area (Å²) in [7, 11) is 0. The second-order valence-electron chi connectivity index (χ2n) is 7.78. The number of carbonyl (C=O) groups excluding carboxylic acids is 1. The van der Waals surface area contributed by atoms with E-state index in [9.17, 15) is 4.79 Å². The Morgan fingerprint density at radius 1 is 1.28 bits per heavy atom. The van der Waals surface area contributed by atoms with E-state index in [1.165, 1.54) is 31.2 Å². The third-order valence-electron chi connectivity index (χ3n) is 5.99. The lowest BCUT2D eigenvalue weighted by molar-refractivity contribution is 0.0980. The van der Waals surface area contributed by atoms with Gasteiger partial charge in [0.05, 0.1) is 16.9 Å². The molecule has 6 heteroatoms. The molecule has 0 radical (unpaired) electrons. The highest BCUT2D eigenvalue weighted by Gasteiger charge is 2.47. The first-order valence-corrected chi connectivity index (χ1v) is 9.55. The van der Waals surface area contributed by atoms with Crippen molar-refractivity contribution in [3.63, 3.8) is 0 Å². The quantitative estimate of drug-likeness (QED) is 0.840. The molecule has 2 aromatic rings. The molecule has 0 N–H and O–H groups in total. The largest absolute Gasteiger partial charge is 0.304 e. The summed E-state index contributed by atoms with van der Waals surface area (Å²) in [4.78, 5) is 15.0. The molecule has 0 bridgehead atoms. The van der Waals surface area contributed by atoms with Gasteiger partial charge in [-0.15, -0.1) is 5.10 Å². The maximum absolute atomic E-state index is 13.2. The number of halogens is 1. The maximum atomic E-state index is 13.2. The van der Waals surface area contributed by atoms with Gasteiger partial charge in [0.25, 0.3) is 5.91 Å². The predicted octanol–water partition coefficient (Wildman–Crippen LogP) is 3.81. The highest BCUT2D eigenvalue weighted by Crippen LogP contribution is 2.52. The van der Waals surface area contributed by atoms with Crippen molar-refractivity contribution in [2.75, 3.05) is 11.4 Å². The minimum atomic E-state index is -0.0832. The molecular weight excluding hydrogens is 336 g/mol. The number of fused-ring (bicyclic) bond motifs is 2. The minimum Gasteiger partial charge on any atom is -0.304 e. The summed E-state index contributed by atoms with van der Waals surface area (Å²) in [5, 5.41) is 8.93. The Labute approximate surface area is 152 Å². The Balaban J connectivity index is 1.49. The number of nitrogens with zero attached hydrogens (tertiary/aromatic N) is 4. The topological polar surface area (TPSA) is 51.0 Å². The summed E-state index contributed by atoms with van der Waals surface area (Å²) < 4.78 is 1.81. The zero-order valence-corrected chi connectivity index (χ0v) is 14.9. The summed E-state index contributed by atoms with van der Waals surface area (Å²) in [6.45, 7) is 1.57. The molecule has 2 fully saturated rings. The number of hydrogen-bond donors (Lipinski definition) is 0. The lowest BCUT2D eigenvalue weighted by Gasteiger charge is -2.24. The smallest absolute Gasteiger partial charge is 0.280 e. The van der Waals surface area contributed by atoms with Crippen LogP contribution in [0.5, 0.6) is 0 Å². The van der Waals surface area contributed by atoms with E-state index in [4.69, 9.17) is 11.6 Å². The highest BCUT2D eigenvalue weighted by atomic mass is 35.5. The van der Waals surface area contributed by atoms with Gasteiger partial charge in [0.1, 0.15) is 0 Å². The first-order valence-electron chi connectivity index (χ1n) is 9.17. The van der Waals surface area contributed by atoms with Gasteiger partial charge in [-0.05, 0) is 43.2 Å². The summed E-state index contributed by atoms with van der Waals surface area (Å²) >= 11 is 6.50. The molecule has 0 unspecified atom stereocenters. The van der Waals surface area contributed by atoms with Crippen LogP contribution in [0.25, 0.3) is 0 Å². The van der Waals surface area contributed by atoms with E-state index in [0.717, 1.165) is 25.1 Å². The summed E-state index contributed by atoms with van der Waals surface area (Å²) in [5.74, 6) is 0.619. The average molecular weight is 357 g/mol. The van der Waals surface area contributed by atoms with Crippen LogP contribution < -0.4 is 4.90 Å². The van der Waals surface area contributed by atoms with Crippen molar-refractivity contribution in [1.29, 1.82) is 0 Å². The number of hydrogen-bond acceptors (Lipinski definition) is 3. The lowest BCUT2D eigenvalue weighted by Crippen LogP contribution is -2.35. The standard InChI is InChI=1S/C19H21ClN4O/c20-15-5-3-4-14-17(15)24(12-19(14)8-1-2-9-19)18(25)16-11-23(22-21-16)10-13-6-7-13/h3-5,11,13H,1-2,6-10,12H2. The van der Waals surface area contributed by atoms with Crippen LogP contribution in [0.15, 0.2) is 24.4 Å². The Kier molecular flexibility index (Phi) is 3.42. The summed E-state index contributed by atoms with van der Waals surface area (Å²) in [6.07, 6.45) is 8.96. The van der Waals surface area contributed by atoms with Gasteiger partial charge < -0.3 is 4.90 Å². The van der Waals surface area contributed by atoms with Crippen molar-refractivity contribution in [1.82, 2.24) is 15.0 Å². The van der Waals surface area contributed by atoms with Crippen LogP contribution in [-0.2, 0) is 12.0 Å². The number of para-hydroxylation sites is 1. The molecule has 2 saturated carbocycles. The van der Waals surface area contributed by atoms with E-state index < -0.39 is 0 Å². The number of amides is 1. The van der Waals surface area contributed by atoms with Crippen molar-refractivity contribution in [3.8, 4) is 0 Å². The van der Waals surface area contributed by atoms with Gasteiger partial charge in [-0.25, -0.2) is 0 Å². The number of benzene rings is 1. The molecule has 1 aliphatic heterocycles. The zero-order chi connectivity index (χ0) is 17.0. The normalized spacial score (nSPS) is 21.1. The van der Waals surface area contributed by atoms with Crippen LogP contribution in [0.4, 0.5) is 5.69 Å². The first kappa shape index (κ1) is 15.4. The van der Waals surface area contributed by atoms with Crippen LogP contribution in [0, 0.1) is 5.92 Å².